The zero-order chi connectivity index (χ0) is 27.4. The minimum Gasteiger partial charge on any atom is -0.481 e. The second kappa shape index (κ2) is 11.0. The Bertz CT molecular complexity index is 1270. The van der Waals surface area contributed by atoms with Crippen LogP contribution < -0.4 is 16.9 Å². The SMILES string of the molecule is CC[C@]1(ON)[C@](NC=O)(n2cnc3c(N)ncnc32)O[C@H](CO)[C@@]1(CCc1ccccc1)OCCC(=O)O. The number of carbonyl (C=O) groups excluding carboxylic acids is 1. The number of nitrogen functional groups attached to an aromatic ring is 1. The van der Waals surface area contributed by atoms with Crippen LogP contribution in [0, 0.1) is 0 Å². The predicted molar refractivity (Wildman–Crippen MR) is 133 cm³/mol. The fourth-order valence-corrected chi connectivity index (χ4v) is 5.50. The van der Waals surface area contributed by atoms with Crippen LogP contribution in [0.3, 0.4) is 0 Å². The number of aryl methyl sites for hydroxylation is 1. The number of carbonyl (C=O) groups is 2. The number of amides is 1. The van der Waals surface area contributed by atoms with Gasteiger partial charge < -0.3 is 30.7 Å². The normalized spacial score (nSPS) is 27.0. The molecular formula is C24H31N7O7. The summed E-state index contributed by atoms with van der Waals surface area (Å²) in [4.78, 5) is 41.8. The molecule has 0 unspecified atom stereocenters. The van der Waals surface area contributed by atoms with Crippen LogP contribution in [0.5, 0.6) is 0 Å². The molecule has 14 heteroatoms. The van der Waals surface area contributed by atoms with E-state index in [0.717, 1.165) is 5.56 Å². The van der Waals surface area contributed by atoms with E-state index in [1.807, 2.05) is 30.3 Å². The molecule has 3 heterocycles. The molecule has 2 aromatic heterocycles. The molecule has 0 radical (unpaired) electrons. The van der Waals surface area contributed by atoms with Crippen molar-refractivity contribution in [2.75, 3.05) is 18.9 Å². The van der Waals surface area contributed by atoms with Gasteiger partial charge >= 0.3 is 5.97 Å². The molecule has 14 nitrogen and oxygen atoms in total. The molecule has 1 amide bonds. The summed E-state index contributed by atoms with van der Waals surface area (Å²) in [5, 5.41) is 22.6. The van der Waals surface area contributed by atoms with Gasteiger partial charge in [0.15, 0.2) is 17.1 Å². The monoisotopic (exact) mass is 529 g/mol. The number of carboxylic acid groups (broad SMARTS) is 1. The Morgan fingerprint density at radius 2 is 2.05 bits per heavy atom. The number of aliphatic hydroxyl groups excluding tert-OH is 1. The van der Waals surface area contributed by atoms with Crippen LogP contribution >= 0.6 is 0 Å². The van der Waals surface area contributed by atoms with Gasteiger partial charge in [-0.3, -0.25) is 19.0 Å². The van der Waals surface area contributed by atoms with Crippen molar-refractivity contribution in [1.29, 1.82) is 0 Å². The molecule has 0 saturated carbocycles. The molecule has 1 fully saturated rings. The number of carboxylic acids is 1. The first-order chi connectivity index (χ1) is 18.3. The van der Waals surface area contributed by atoms with Crippen LogP contribution in [-0.2, 0) is 36.2 Å². The first-order valence-corrected chi connectivity index (χ1v) is 12.1. The molecule has 7 N–H and O–H groups in total. The third-order valence-electron chi connectivity index (χ3n) is 7.19. The highest BCUT2D eigenvalue weighted by Gasteiger charge is 2.76. The summed E-state index contributed by atoms with van der Waals surface area (Å²) >= 11 is 0. The molecule has 1 aromatic carbocycles. The third kappa shape index (κ3) is 4.16. The van der Waals surface area contributed by atoms with Crippen molar-refractivity contribution < 1.29 is 34.1 Å². The summed E-state index contributed by atoms with van der Waals surface area (Å²) in [6, 6.07) is 9.49. The largest absolute Gasteiger partial charge is 0.481 e. The predicted octanol–water partition coefficient (Wildman–Crippen LogP) is 0.0579. The maximum atomic E-state index is 12.1. The number of fused-ring (bicyclic) bond motifs is 1. The number of anilines is 1. The maximum absolute atomic E-state index is 12.1. The summed E-state index contributed by atoms with van der Waals surface area (Å²) < 4.78 is 14.2. The lowest BCUT2D eigenvalue weighted by Gasteiger charge is -2.49. The van der Waals surface area contributed by atoms with E-state index in [1.54, 1.807) is 6.92 Å². The van der Waals surface area contributed by atoms with Crippen LogP contribution in [0.4, 0.5) is 5.82 Å². The molecule has 0 bridgehead atoms. The smallest absolute Gasteiger partial charge is 0.305 e. The molecule has 4 rings (SSSR count). The minimum atomic E-state index is -1.94. The van der Waals surface area contributed by atoms with Gasteiger partial charge in [0, 0.05) is 0 Å². The molecule has 0 spiro atoms. The molecule has 1 aliphatic heterocycles. The summed E-state index contributed by atoms with van der Waals surface area (Å²) in [5.41, 5.74) is 4.09. The summed E-state index contributed by atoms with van der Waals surface area (Å²) in [6.07, 6.45) is 2.20. The van der Waals surface area contributed by atoms with Crippen molar-refractivity contribution in [3.05, 3.63) is 48.5 Å². The number of nitrogens with zero attached hydrogens (tertiary/aromatic N) is 4. The molecule has 0 aliphatic carbocycles. The second-order valence-corrected chi connectivity index (χ2v) is 8.91. The average Bonchev–Trinajstić information content (AvgIpc) is 3.45. The first kappa shape index (κ1) is 27.3. The zero-order valence-electron chi connectivity index (χ0n) is 20.8. The second-order valence-electron chi connectivity index (χ2n) is 8.91. The molecule has 38 heavy (non-hydrogen) atoms. The van der Waals surface area contributed by atoms with Gasteiger partial charge in [-0.25, -0.2) is 20.8 Å². The molecule has 4 atom stereocenters. The van der Waals surface area contributed by atoms with Crippen LogP contribution in [0.25, 0.3) is 11.2 Å². The molecule has 3 aromatic rings. The number of rotatable bonds is 13. The highest BCUT2D eigenvalue weighted by atomic mass is 16.7. The van der Waals surface area contributed by atoms with Crippen molar-refractivity contribution in [2.45, 2.75) is 55.8 Å². The number of nitrogens with one attached hydrogen (secondary N) is 1. The van der Waals surface area contributed by atoms with E-state index >= 15 is 0 Å². The molecular weight excluding hydrogens is 498 g/mol. The Morgan fingerprint density at radius 3 is 2.68 bits per heavy atom. The van der Waals surface area contributed by atoms with E-state index in [1.165, 1.54) is 17.2 Å². The average molecular weight is 530 g/mol. The van der Waals surface area contributed by atoms with Crippen LogP contribution in [0.1, 0.15) is 31.7 Å². The first-order valence-electron chi connectivity index (χ1n) is 12.1. The Hall–Kier alpha value is -3.69. The number of ether oxygens (including phenoxy) is 2. The van der Waals surface area contributed by atoms with E-state index in [4.69, 9.17) is 25.9 Å². The van der Waals surface area contributed by atoms with E-state index < -0.39 is 35.7 Å². The third-order valence-corrected chi connectivity index (χ3v) is 7.19. The number of hydrogen-bond donors (Lipinski definition) is 5. The summed E-state index contributed by atoms with van der Waals surface area (Å²) in [5.74, 6) is 3.12. The number of aliphatic hydroxyl groups is 1. The topological polar surface area (TPSA) is 210 Å². The Labute approximate surface area is 217 Å². The van der Waals surface area contributed by atoms with E-state index in [2.05, 4.69) is 20.3 Å². The quantitative estimate of drug-likeness (QED) is 0.147. The number of imidazole rings is 1. The number of benzene rings is 1. The maximum Gasteiger partial charge on any atom is 0.305 e. The lowest BCUT2D eigenvalue weighted by atomic mass is 9.72. The molecule has 204 valence electrons. The van der Waals surface area contributed by atoms with Crippen LogP contribution in [-0.4, -0.2) is 72.6 Å². The fraction of sp³-hybridized carbons (Fsp3) is 0.458. The van der Waals surface area contributed by atoms with Gasteiger partial charge in [0.25, 0.3) is 5.85 Å². The van der Waals surface area contributed by atoms with Crippen molar-refractivity contribution in [3.63, 3.8) is 0 Å². The van der Waals surface area contributed by atoms with Crippen molar-refractivity contribution in [2.24, 2.45) is 5.90 Å². The number of aromatic nitrogens is 4. The molecule has 1 aliphatic rings. The highest BCUT2D eigenvalue weighted by Crippen LogP contribution is 2.56. The lowest BCUT2D eigenvalue weighted by Crippen LogP contribution is -2.71. The zero-order valence-corrected chi connectivity index (χ0v) is 20.8. The van der Waals surface area contributed by atoms with Crippen LogP contribution in [0.15, 0.2) is 43.0 Å². The Morgan fingerprint density at radius 1 is 1.29 bits per heavy atom. The number of aliphatic carboxylic acids is 1. The lowest BCUT2D eigenvalue weighted by molar-refractivity contribution is -0.260. The number of hydrogen-bond acceptors (Lipinski definition) is 11. The van der Waals surface area contributed by atoms with E-state index in [-0.39, 0.29) is 42.9 Å². The summed E-state index contributed by atoms with van der Waals surface area (Å²) in [7, 11) is 0. The Balaban J connectivity index is 1.95. The van der Waals surface area contributed by atoms with Crippen molar-refractivity contribution >= 4 is 29.4 Å². The van der Waals surface area contributed by atoms with Gasteiger partial charge in [0.1, 0.15) is 29.9 Å². The van der Waals surface area contributed by atoms with E-state index in [9.17, 15) is 19.8 Å². The summed E-state index contributed by atoms with van der Waals surface area (Å²) in [6.45, 7) is 0.933. The van der Waals surface area contributed by atoms with Gasteiger partial charge in [-0.1, -0.05) is 37.3 Å². The van der Waals surface area contributed by atoms with Gasteiger partial charge in [0.05, 0.1) is 19.6 Å². The molecule has 1 saturated heterocycles. The fourth-order valence-electron chi connectivity index (χ4n) is 5.50. The minimum absolute atomic E-state index is 0.0863. The van der Waals surface area contributed by atoms with Gasteiger partial charge in [0.2, 0.25) is 6.41 Å². The van der Waals surface area contributed by atoms with Crippen LogP contribution in [0.2, 0.25) is 0 Å². The highest BCUT2D eigenvalue weighted by molar-refractivity contribution is 5.81. The van der Waals surface area contributed by atoms with Crippen molar-refractivity contribution in [3.8, 4) is 0 Å². The van der Waals surface area contributed by atoms with Gasteiger partial charge in [-0.05, 0) is 24.8 Å². The standard InChI is InChI=1S/C24H31N7O7/c1-2-23(38-26)22(36-11-9-18(34)35,10-8-16-6-4-3-5-7-16)17(12-32)37-24(23,30-15-33)31-14-29-19-20(25)27-13-28-21(19)31/h3-7,13-15,17,32H,2,8-12,26H2,1H3,(H,30,33)(H,34,35)(H2,25,27,28)/t17-,22-,23-,24+/m1/s1. The van der Waals surface area contributed by atoms with Gasteiger partial charge in [-0.2, -0.15) is 0 Å². The van der Waals surface area contributed by atoms with E-state index in [0.29, 0.717) is 12.8 Å². The Kier molecular flexibility index (Phi) is 7.89. The van der Waals surface area contributed by atoms with Gasteiger partial charge in [-0.15, -0.1) is 0 Å². The van der Waals surface area contributed by atoms with Crippen molar-refractivity contribution in [1.82, 2.24) is 24.8 Å². The number of nitrogens with two attached hydrogens (primary N) is 2.